The van der Waals surface area contributed by atoms with Gasteiger partial charge in [0.2, 0.25) is 0 Å². The molecule has 4 heterocycles. The van der Waals surface area contributed by atoms with Crippen molar-refractivity contribution in [3.05, 3.63) is 79.8 Å². The first-order valence-corrected chi connectivity index (χ1v) is 10.7. The molecule has 0 atom stereocenters. The fourth-order valence-corrected chi connectivity index (χ4v) is 4.68. The first-order valence-electron chi connectivity index (χ1n) is 9.64. The predicted octanol–water partition coefficient (Wildman–Crippen LogP) is 3.38. The molecule has 8 nitrogen and oxygen atoms in total. The number of aromatic nitrogens is 6. The molecule has 9 heteroatoms. The summed E-state index contributed by atoms with van der Waals surface area (Å²) in [6.07, 6.45) is 3.12. The van der Waals surface area contributed by atoms with Gasteiger partial charge < -0.3 is 5.73 Å². The van der Waals surface area contributed by atoms with Crippen molar-refractivity contribution in [2.75, 3.05) is 5.73 Å². The minimum absolute atomic E-state index is 0.104. The van der Waals surface area contributed by atoms with E-state index in [9.17, 15) is 4.79 Å². The molecule has 0 amide bonds. The van der Waals surface area contributed by atoms with Crippen molar-refractivity contribution in [3.8, 4) is 5.82 Å². The number of fused-ring (bicyclic) bond motifs is 2. The van der Waals surface area contributed by atoms with Gasteiger partial charge in [-0.1, -0.05) is 24.3 Å². The molecule has 0 spiro atoms. The fourth-order valence-electron chi connectivity index (χ4n) is 3.90. The molecule has 0 aliphatic carbocycles. The van der Waals surface area contributed by atoms with Crippen LogP contribution in [-0.4, -0.2) is 29.3 Å². The van der Waals surface area contributed by atoms with Crippen LogP contribution in [0.3, 0.4) is 0 Å². The zero-order valence-corrected chi connectivity index (χ0v) is 19.0. The van der Waals surface area contributed by atoms with Gasteiger partial charge in [0.1, 0.15) is 21.7 Å². The van der Waals surface area contributed by atoms with Crippen molar-refractivity contribution < 1.29 is 0 Å². The molecule has 5 rings (SSSR count). The molecule has 154 valence electrons. The van der Waals surface area contributed by atoms with Crippen LogP contribution in [0.1, 0.15) is 16.8 Å². The molecule has 0 bridgehead atoms. The summed E-state index contributed by atoms with van der Waals surface area (Å²) < 4.78 is 4.14. The van der Waals surface area contributed by atoms with Crippen molar-refractivity contribution in [1.29, 1.82) is 0 Å². The molecule has 5 aromatic rings. The number of aryl methyl sites for hydroxylation is 2. The van der Waals surface area contributed by atoms with Crippen LogP contribution in [0, 0.1) is 17.5 Å². The lowest BCUT2D eigenvalue weighted by atomic mass is 10.1. The van der Waals surface area contributed by atoms with Gasteiger partial charge in [0.15, 0.2) is 5.65 Å². The average Bonchev–Trinajstić information content (AvgIpc) is 3.05. The maximum Gasteiger partial charge on any atom is 0.264 e. The van der Waals surface area contributed by atoms with Gasteiger partial charge in [0.05, 0.1) is 23.0 Å². The van der Waals surface area contributed by atoms with E-state index < -0.39 is 0 Å². The molecule has 0 saturated heterocycles. The van der Waals surface area contributed by atoms with Crippen molar-refractivity contribution in [1.82, 2.24) is 29.3 Å². The monoisotopic (exact) mass is 523 g/mol. The lowest BCUT2D eigenvalue weighted by molar-refractivity contribution is 0.661. The normalized spacial score (nSPS) is 11.5. The number of nitrogens with zero attached hydrogens (tertiary/aromatic N) is 6. The van der Waals surface area contributed by atoms with E-state index >= 15 is 0 Å². The van der Waals surface area contributed by atoms with Crippen molar-refractivity contribution in [3.63, 3.8) is 0 Å². The van der Waals surface area contributed by atoms with E-state index in [1.807, 2.05) is 50.2 Å². The Hall–Kier alpha value is -3.34. The van der Waals surface area contributed by atoms with Crippen LogP contribution >= 0.6 is 22.6 Å². The molecule has 2 N–H and O–H groups in total. The van der Waals surface area contributed by atoms with E-state index in [1.54, 1.807) is 15.4 Å². The molecule has 0 saturated carbocycles. The third-order valence-electron chi connectivity index (χ3n) is 5.35. The summed E-state index contributed by atoms with van der Waals surface area (Å²) in [5.41, 5.74) is 9.15. The van der Waals surface area contributed by atoms with E-state index in [4.69, 9.17) is 5.73 Å². The highest BCUT2D eigenvalue weighted by Gasteiger charge is 2.19. The number of hydrogen-bond donors (Lipinski definition) is 1. The number of halogens is 1. The summed E-state index contributed by atoms with van der Waals surface area (Å²) in [7, 11) is 0. The third-order valence-corrected chi connectivity index (χ3v) is 6.11. The maximum atomic E-state index is 13.7. The Balaban J connectivity index is 1.82. The Morgan fingerprint density at radius 1 is 1.03 bits per heavy atom. The SMILES string of the molecule is Cc1cccnc1-n1c(Cn2nc(I)c3c(N)ncnc32)cc2cccc(C)c2c1=O. The van der Waals surface area contributed by atoms with E-state index in [-0.39, 0.29) is 5.56 Å². The molecular weight excluding hydrogens is 505 g/mol. The van der Waals surface area contributed by atoms with Gasteiger partial charge in [0, 0.05) is 6.20 Å². The van der Waals surface area contributed by atoms with E-state index in [0.29, 0.717) is 38.3 Å². The summed E-state index contributed by atoms with van der Waals surface area (Å²) in [6, 6.07) is 11.7. The highest BCUT2D eigenvalue weighted by molar-refractivity contribution is 14.1. The Morgan fingerprint density at radius 3 is 2.65 bits per heavy atom. The number of pyridine rings is 2. The van der Waals surface area contributed by atoms with Gasteiger partial charge in [-0.25, -0.2) is 19.6 Å². The lowest BCUT2D eigenvalue weighted by Crippen LogP contribution is -2.26. The third kappa shape index (κ3) is 3.16. The first-order chi connectivity index (χ1) is 15.0. The Bertz CT molecular complexity index is 1540. The van der Waals surface area contributed by atoms with E-state index in [2.05, 4.69) is 42.6 Å². The number of nitrogens with two attached hydrogens (primary N) is 1. The molecular formula is C22H18IN7O. The molecule has 0 aliphatic heterocycles. The summed E-state index contributed by atoms with van der Waals surface area (Å²) in [4.78, 5) is 26.7. The van der Waals surface area contributed by atoms with E-state index in [1.165, 1.54) is 6.33 Å². The van der Waals surface area contributed by atoms with Gasteiger partial charge in [-0.2, -0.15) is 5.10 Å². The largest absolute Gasteiger partial charge is 0.383 e. The second-order valence-electron chi connectivity index (χ2n) is 7.37. The Labute approximate surface area is 190 Å². The van der Waals surface area contributed by atoms with Crippen LogP contribution in [0.4, 0.5) is 5.82 Å². The smallest absolute Gasteiger partial charge is 0.264 e. The van der Waals surface area contributed by atoms with Crippen molar-refractivity contribution in [2.24, 2.45) is 0 Å². The predicted molar refractivity (Wildman–Crippen MR) is 128 cm³/mol. The number of benzene rings is 1. The molecule has 0 radical (unpaired) electrons. The number of nitrogen functional groups attached to an aromatic ring is 1. The second kappa shape index (κ2) is 7.41. The zero-order chi connectivity index (χ0) is 21.7. The van der Waals surface area contributed by atoms with Crippen molar-refractivity contribution in [2.45, 2.75) is 20.4 Å². The minimum atomic E-state index is -0.104. The van der Waals surface area contributed by atoms with Gasteiger partial charge in [0.25, 0.3) is 5.56 Å². The van der Waals surface area contributed by atoms with Crippen LogP contribution in [0.2, 0.25) is 0 Å². The summed E-state index contributed by atoms with van der Waals surface area (Å²) in [5.74, 6) is 0.987. The number of rotatable bonds is 3. The van der Waals surface area contributed by atoms with Gasteiger partial charge >= 0.3 is 0 Å². The quantitative estimate of drug-likeness (QED) is 0.364. The maximum absolute atomic E-state index is 13.7. The van der Waals surface area contributed by atoms with Crippen LogP contribution in [0.25, 0.3) is 27.6 Å². The Morgan fingerprint density at radius 2 is 1.84 bits per heavy atom. The van der Waals surface area contributed by atoms with Gasteiger partial charge in [-0.15, -0.1) is 0 Å². The van der Waals surface area contributed by atoms with Crippen LogP contribution in [0.15, 0.2) is 53.7 Å². The lowest BCUT2D eigenvalue weighted by Gasteiger charge is -2.16. The fraction of sp³-hybridized carbons (Fsp3) is 0.136. The highest BCUT2D eigenvalue weighted by atomic mass is 127. The van der Waals surface area contributed by atoms with Crippen molar-refractivity contribution >= 4 is 50.2 Å². The van der Waals surface area contributed by atoms with Crippen LogP contribution in [-0.2, 0) is 6.54 Å². The Kier molecular flexibility index (Phi) is 4.69. The average molecular weight is 523 g/mol. The summed E-state index contributed by atoms with van der Waals surface area (Å²) >= 11 is 2.13. The second-order valence-corrected chi connectivity index (χ2v) is 8.39. The molecule has 1 aromatic carbocycles. The molecule has 0 fully saturated rings. The zero-order valence-electron chi connectivity index (χ0n) is 16.9. The van der Waals surface area contributed by atoms with Gasteiger partial charge in [-0.05, 0) is 65.1 Å². The van der Waals surface area contributed by atoms with Gasteiger partial charge in [-0.3, -0.25) is 9.36 Å². The molecule has 0 aliphatic rings. The number of hydrogen-bond acceptors (Lipinski definition) is 6. The van der Waals surface area contributed by atoms with Crippen LogP contribution in [0.5, 0.6) is 0 Å². The first kappa shape index (κ1) is 19.6. The standard InChI is InChI=1S/C22H18IN7O/c1-12-5-3-7-14-9-15(10-29-21-17(18(23)28-29)19(24)26-11-27-21)30(22(31)16(12)14)20-13(2)6-4-8-25-20/h3-9,11H,10H2,1-2H3,(H2,24,26,27). The number of anilines is 1. The highest BCUT2D eigenvalue weighted by Crippen LogP contribution is 2.25. The van der Waals surface area contributed by atoms with E-state index in [0.717, 1.165) is 22.2 Å². The minimum Gasteiger partial charge on any atom is -0.383 e. The molecule has 4 aromatic heterocycles. The van der Waals surface area contributed by atoms with Crippen LogP contribution < -0.4 is 11.3 Å². The summed E-state index contributed by atoms with van der Waals surface area (Å²) in [5, 5.41) is 6.89. The summed E-state index contributed by atoms with van der Waals surface area (Å²) in [6.45, 7) is 4.22. The topological polar surface area (TPSA) is 105 Å². The molecule has 0 unspecified atom stereocenters. The molecule has 31 heavy (non-hydrogen) atoms.